The number of likely N-dealkylation sites (N-methyl/N-ethyl adjacent to an activating group) is 1. The van der Waals surface area contributed by atoms with Crippen LogP contribution in [0.2, 0.25) is 0 Å². The van der Waals surface area contributed by atoms with Gasteiger partial charge in [0.1, 0.15) is 6.61 Å². The van der Waals surface area contributed by atoms with Crippen LogP contribution in [0.4, 0.5) is 0 Å². The van der Waals surface area contributed by atoms with Crippen LogP contribution in [0.15, 0.2) is 41.5 Å². The molecule has 1 atom stereocenters. The van der Waals surface area contributed by atoms with Crippen molar-refractivity contribution in [3.8, 4) is 11.5 Å². The molecule has 30 heavy (non-hydrogen) atoms. The Morgan fingerprint density at radius 1 is 1.23 bits per heavy atom. The summed E-state index contributed by atoms with van der Waals surface area (Å²) in [6.45, 7) is 11.9. The quantitative estimate of drug-likeness (QED) is 0.519. The number of nitrogens with one attached hydrogen (secondary N) is 1. The van der Waals surface area contributed by atoms with Gasteiger partial charge in [0.05, 0.1) is 7.11 Å². The molecule has 166 valence electrons. The number of nitrogens with zero attached hydrogens (tertiary/aromatic N) is 1. The minimum Gasteiger partial charge on any atom is -0.493 e. The molecule has 1 heterocycles. The molecule has 2 rings (SSSR count). The maximum Gasteiger partial charge on any atom is 0.251 e. The first-order valence-electron chi connectivity index (χ1n) is 11.1. The fraction of sp³-hybridized carbons (Fsp3) is 0.560. The van der Waals surface area contributed by atoms with Gasteiger partial charge in [0, 0.05) is 18.2 Å². The van der Waals surface area contributed by atoms with Crippen molar-refractivity contribution in [1.29, 1.82) is 0 Å². The summed E-state index contributed by atoms with van der Waals surface area (Å²) in [5.41, 5.74) is 3.24. The molecule has 1 N–H and O–H groups in total. The summed E-state index contributed by atoms with van der Waals surface area (Å²) in [6.07, 6.45) is 8.77. The van der Waals surface area contributed by atoms with Gasteiger partial charge in [-0.25, -0.2) is 0 Å². The zero-order valence-corrected chi connectivity index (χ0v) is 19.3. The lowest BCUT2D eigenvalue weighted by atomic mass is 10.1. The number of rotatable bonds is 11. The molecule has 0 aromatic heterocycles. The zero-order chi connectivity index (χ0) is 21.9. The van der Waals surface area contributed by atoms with Crippen molar-refractivity contribution in [1.82, 2.24) is 10.2 Å². The van der Waals surface area contributed by atoms with E-state index in [0.29, 0.717) is 36.3 Å². The first-order chi connectivity index (χ1) is 14.4. The summed E-state index contributed by atoms with van der Waals surface area (Å²) in [6, 6.07) is 5.80. The molecule has 1 saturated heterocycles. The van der Waals surface area contributed by atoms with Gasteiger partial charge in [0.2, 0.25) is 0 Å². The van der Waals surface area contributed by atoms with Crippen molar-refractivity contribution in [2.75, 3.05) is 33.4 Å². The predicted molar refractivity (Wildman–Crippen MR) is 124 cm³/mol. The molecule has 0 radical (unpaired) electrons. The van der Waals surface area contributed by atoms with E-state index in [1.807, 2.05) is 6.07 Å². The maximum atomic E-state index is 12.6. The van der Waals surface area contributed by atoms with Gasteiger partial charge >= 0.3 is 0 Å². The Balaban J connectivity index is 1.89. The minimum atomic E-state index is -0.0715. The fourth-order valence-corrected chi connectivity index (χ4v) is 3.75. The van der Waals surface area contributed by atoms with E-state index in [1.54, 1.807) is 19.2 Å². The number of ether oxygens (including phenoxy) is 2. The normalized spacial score (nSPS) is 17.0. The van der Waals surface area contributed by atoms with Crippen molar-refractivity contribution in [2.45, 2.75) is 59.4 Å². The van der Waals surface area contributed by atoms with Gasteiger partial charge < -0.3 is 14.8 Å². The average Bonchev–Trinajstić information content (AvgIpc) is 3.19. The summed E-state index contributed by atoms with van der Waals surface area (Å²) in [5.74, 6) is 1.16. The van der Waals surface area contributed by atoms with Gasteiger partial charge in [-0.3, -0.25) is 9.69 Å². The highest BCUT2D eigenvalue weighted by Crippen LogP contribution is 2.28. The van der Waals surface area contributed by atoms with E-state index in [2.05, 4.69) is 50.1 Å². The van der Waals surface area contributed by atoms with Gasteiger partial charge in [-0.15, -0.1) is 0 Å². The van der Waals surface area contributed by atoms with Crippen molar-refractivity contribution in [3.05, 3.63) is 47.1 Å². The molecule has 1 aromatic carbocycles. The number of carbonyl (C=O) groups is 1. The van der Waals surface area contributed by atoms with Crippen LogP contribution in [0.3, 0.4) is 0 Å². The van der Waals surface area contributed by atoms with Crippen LogP contribution in [-0.4, -0.2) is 50.2 Å². The molecule has 1 aliphatic heterocycles. The number of hydrogen-bond acceptors (Lipinski definition) is 4. The van der Waals surface area contributed by atoms with E-state index in [1.165, 1.54) is 17.6 Å². The SMILES string of the molecule is CCN1CCCC1CNC(=O)c1ccc(OCC=C(C)CCC=C(C)C)c(OC)c1. The molecular formula is C25H38N2O3. The van der Waals surface area contributed by atoms with Crippen LogP contribution in [0.1, 0.15) is 63.7 Å². The molecule has 1 fully saturated rings. The Morgan fingerprint density at radius 2 is 2.03 bits per heavy atom. The number of allylic oxidation sites excluding steroid dienone is 3. The highest BCUT2D eigenvalue weighted by Gasteiger charge is 2.23. The second kappa shape index (κ2) is 12.4. The van der Waals surface area contributed by atoms with E-state index in [9.17, 15) is 4.79 Å². The third kappa shape index (κ3) is 7.52. The zero-order valence-electron chi connectivity index (χ0n) is 19.3. The van der Waals surface area contributed by atoms with Crippen LogP contribution in [0.25, 0.3) is 0 Å². The lowest BCUT2D eigenvalue weighted by molar-refractivity contribution is 0.0941. The van der Waals surface area contributed by atoms with Gasteiger partial charge in [0.25, 0.3) is 5.91 Å². The monoisotopic (exact) mass is 414 g/mol. The molecule has 1 aromatic rings. The molecule has 5 nitrogen and oxygen atoms in total. The maximum absolute atomic E-state index is 12.6. The fourth-order valence-electron chi connectivity index (χ4n) is 3.75. The first-order valence-corrected chi connectivity index (χ1v) is 11.1. The van der Waals surface area contributed by atoms with Gasteiger partial charge in [-0.2, -0.15) is 0 Å². The van der Waals surface area contributed by atoms with E-state index in [-0.39, 0.29) is 5.91 Å². The Kier molecular flexibility index (Phi) is 9.95. The highest BCUT2D eigenvalue weighted by molar-refractivity contribution is 5.94. The molecule has 1 amide bonds. The largest absolute Gasteiger partial charge is 0.493 e. The topological polar surface area (TPSA) is 50.8 Å². The molecule has 0 saturated carbocycles. The van der Waals surface area contributed by atoms with Crippen LogP contribution in [0, 0.1) is 0 Å². The number of likely N-dealkylation sites (tertiary alicyclic amines) is 1. The number of methoxy groups -OCH3 is 1. The van der Waals surface area contributed by atoms with Gasteiger partial charge in [0.15, 0.2) is 11.5 Å². The predicted octanol–water partition coefficient (Wildman–Crippen LogP) is 4.98. The highest BCUT2D eigenvalue weighted by atomic mass is 16.5. The van der Waals surface area contributed by atoms with Gasteiger partial charge in [-0.05, 0) is 83.8 Å². The molecule has 1 aliphatic rings. The molecule has 0 aliphatic carbocycles. The van der Waals surface area contributed by atoms with E-state index >= 15 is 0 Å². The third-order valence-electron chi connectivity index (χ3n) is 5.59. The van der Waals surface area contributed by atoms with Gasteiger partial charge in [-0.1, -0.05) is 24.1 Å². The molecule has 0 bridgehead atoms. The lowest BCUT2D eigenvalue weighted by Gasteiger charge is -2.23. The minimum absolute atomic E-state index is 0.0715. The first kappa shape index (κ1) is 24.0. The second-order valence-electron chi connectivity index (χ2n) is 8.18. The van der Waals surface area contributed by atoms with Crippen LogP contribution in [-0.2, 0) is 0 Å². The Bertz CT molecular complexity index is 751. The Morgan fingerprint density at radius 3 is 2.73 bits per heavy atom. The summed E-state index contributed by atoms with van der Waals surface area (Å²) in [4.78, 5) is 15.0. The standard InChI is InChI=1S/C25H38N2O3/c1-6-27-15-8-11-22(27)18-26-25(28)21-12-13-23(24(17-21)29-5)30-16-14-20(4)10-7-9-19(2)3/h9,12-14,17,22H,6-8,10-11,15-16,18H2,1-5H3,(H,26,28). The number of hydrogen-bond donors (Lipinski definition) is 1. The lowest BCUT2D eigenvalue weighted by Crippen LogP contribution is -2.40. The third-order valence-corrected chi connectivity index (χ3v) is 5.59. The van der Waals surface area contributed by atoms with E-state index < -0.39 is 0 Å². The van der Waals surface area contributed by atoms with Crippen molar-refractivity contribution >= 4 is 5.91 Å². The summed E-state index contributed by atoms with van der Waals surface area (Å²) < 4.78 is 11.3. The van der Waals surface area contributed by atoms with Crippen LogP contribution >= 0.6 is 0 Å². The summed E-state index contributed by atoms with van der Waals surface area (Å²) >= 11 is 0. The van der Waals surface area contributed by atoms with Crippen LogP contribution < -0.4 is 14.8 Å². The number of amides is 1. The molecule has 5 heteroatoms. The molecule has 1 unspecified atom stereocenters. The number of benzene rings is 1. The number of carbonyl (C=O) groups excluding carboxylic acids is 1. The smallest absolute Gasteiger partial charge is 0.251 e. The average molecular weight is 415 g/mol. The Hall–Kier alpha value is -2.27. The van der Waals surface area contributed by atoms with E-state index in [4.69, 9.17) is 9.47 Å². The Labute approximate surface area is 182 Å². The molecule has 0 spiro atoms. The van der Waals surface area contributed by atoms with Crippen molar-refractivity contribution in [3.63, 3.8) is 0 Å². The van der Waals surface area contributed by atoms with Crippen molar-refractivity contribution < 1.29 is 14.3 Å². The molecular weight excluding hydrogens is 376 g/mol. The summed E-state index contributed by atoms with van der Waals surface area (Å²) in [5, 5.41) is 3.07. The summed E-state index contributed by atoms with van der Waals surface area (Å²) in [7, 11) is 1.60. The van der Waals surface area contributed by atoms with E-state index in [0.717, 1.165) is 32.4 Å². The van der Waals surface area contributed by atoms with Crippen LogP contribution in [0.5, 0.6) is 11.5 Å². The second-order valence-corrected chi connectivity index (χ2v) is 8.18. The van der Waals surface area contributed by atoms with Crippen molar-refractivity contribution in [2.24, 2.45) is 0 Å².